The van der Waals surface area contributed by atoms with Gasteiger partial charge in [-0.3, -0.25) is 0 Å². The summed E-state index contributed by atoms with van der Waals surface area (Å²) in [5.41, 5.74) is 0. The van der Waals surface area contributed by atoms with Gasteiger partial charge in [0.05, 0.1) is 0 Å². The van der Waals surface area contributed by atoms with E-state index in [9.17, 15) is 13.9 Å². The smallest absolute Gasteiger partial charge is 0.248 e. The maximum absolute atomic E-state index is 13.0. The van der Waals surface area contributed by atoms with Gasteiger partial charge in [-0.25, -0.2) is 8.78 Å². The summed E-state index contributed by atoms with van der Waals surface area (Å²) < 4.78 is 31.0. The van der Waals surface area contributed by atoms with Crippen LogP contribution in [0.15, 0.2) is 4.52 Å². The summed E-state index contributed by atoms with van der Waals surface area (Å²) in [4.78, 5) is 4.02. The Morgan fingerprint density at radius 3 is 2.94 bits per heavy atom. The average Bonchev–Trinajstić information content (AvgIpc) is 2.84. The Morgan fingerprint density at radius 1 is 1.59 bits per heavy atom. The first-order valence-electron chi connectivity index (χ1n) is 5.91. The van der Waals surface area contributed by atoms with E-state index in [0.29, 0.717) is 12.8 Å². The van der Waals surface area contributed by atoms with Gasteiger partial charge >= 0.3 is 0 Å². The molecule has 0 radical (unpaired) electrons. The number of alkyl halides is 2. The summed E-state index contributed by atoms with van der Waals surface area (Å²) in [5.74, 6) is -2.56. The molecule has 6 heteroatoms. The third-order valence-electron chi connectivity index (χ3n) is 3.07. The zero-order chi connectivity index (χ0) is 12.5. The number of rotatable bonds is 4. The molecule has 2 rings (SSSR count). The van der Waals surface area contributed by atoms with Crippen molar-refractivity contribution in [2.75, 3.05) is 0 Å². The van der Waals surface area contributed by atoms with Crippen molar-refractivity contribution in [2.45, 2.75) is 57.0 Å². The van der Waals surface area contributed by atoms with Crippen molar-refractivity contribution in [2.24, 2.45) is 0 Å². The van der Waals surface area contributed by atoms with Crippen molar-refractivity contribution in [3.05, 3.63) is 11.7 Å². The highest BCUT2D eigenvalue weighted by Gasteiger charge is 2.42. The van der Waals surface area contributed by atoms with Crippen molar-refractivity contribution >= 4 is 0 Å². The fourth-order valence-electron chi connectivity index (χ4n) is 2.11. The molecular formula is C11H16F2N2O2. The SMILES string of the molecule is CCCC(O)c1noc(C2CCC(F)(F)C2)n1. The highest BCUT2D eigenvalue weighted by atomic mass is 19.3. The third-order valence-corrected chi connectivity index (χ3v) is 3.07. The highest BCUT2D eigenvalue weighted by Crippen LogP contribution is 2.43. The molecule has 1 heterocycles. The summed E-state index contributed by atoms with van der Waals surface area (Å²) in [7, 11) is 0. The molecule has 0 aromatic carbocycles. The van der Waals surface area contributed by atoms with Crippen LogP contribution in [-0.2, 0) is 0 Å². The van der Waals surface area contributed by atoms with E-state index >= 15 is 0 Å². The summed E-state index contributed by atoms with van der Waals surface area (Å²) in [6, 6.07) is 0. The molecule has 17 heavy (non-hydrogen) atoms. The maximum Gasteiger partial charge on any atom is 0.248 e. The fraction of sp³-hybridized carbons (Fsp3) is 0.818. The van der Waals surface area contributed by atoms with E-state index in [2.05, 4.69) is 10.1 Å². The first kappa shape index (κ1) is 12.4. The normalized spacial score (nSPS) is 25.1. The van der Waals surface area contributed by atoms with Crippen LogP contribution in [0.4, 0.5) is 8.78 Å². The predicted molar refractivity (Wildman–Crippen MR) is 55.7 cm³/mol. The van der Waals surface area contributed by atoms with Crippen LogP contribution in [0.1, 0.15) is 62.8 Å². The predicted octanol–water partition coefficient (Wildman–Crippen LogP) is 2.81. The van der Waals surface area contributed by atoms with Crippen LogP contribution < -0.4 is 0 Å². The van der Waals surface area contributed by atoms with Gasteiger partial charge in [0, 0.05) is 18.8 Å². The first-order chi connectivity index (χ1) is 8.02. The van der Waals surface area contributed by atoms with Crippen molar-refractivity contribution in [3.8, 4) is 0 Å². The van der Waals surface area contributed by atoms with Gasteiger partial charge in [-0.2, -0.15) is 4.98 Å². The molecule has 1 aliphatic carbocycles. The Kier molecular flexibility index (Phi) is 3.42. The molecule has 1 N–H and O–H groups in total. The van der Waals surface area contributed by atoms with Crippen LogP contribution in [0.2, 0.25) is 0 Å². The lowest BCUT2D eigenvalue weighted by molar-refractivity contribution is 0.00689. The van der Waals surface area contributed by atoms with E-state index in [1.807, 2.05) is 6.92 Å². The lowest BCUT2D eigenvalue weighted by Gasteiger charge is -2.06. The molecule has 0 aliphatic heterocycles. The standard InChI is InChI=1S/C11H16F2N2O2/c1-2-3-8(16)9-14-10(17-15-9)7-4-5-11(12,13)6-7/h7-8,16H,2-6H2,1H3. The van der Waals surface area contributed by atoms with Gasteiger partial charge in [0.1, 0.15) is 6.10 Å². The zero-order valence-corrected chi connectivity index (χ0v) is 9.70. The summed E-state index contributed by atoms with van der Waals surface area (Å²) >= 11 is 0. The van der Waals surface area contributed by atoms with Gasteiger partial charge in [0.15, 0.2) is 5.82 Å². The molecule has 0 saturated heterocycles. The van der Waals surface area contributed by atoms with Crippen molar-refractivity contribution in [1.82, 2.24) is 10.1 Å². The first-order valence-corrected chi connectivity index (χ1v) is 5.91. The molecule has 0 amide bonds. The van der Waals surface area contributed by atoms with Gasteiger partial charge in [-0.05, 0) is 12.8 Å². The van der Waals surface area contributed by atoms with Gasteiger partial charge < -0.3 is 9.63 Å². The number of halogens is 2. The maximum atomic E-state index is 13.0. The molecule has 2 unspecified atom stereocenters. The minimum Gasteiger partial charge on any atom is -0.385 e. The van der Waals surface area contributed by atoms with E-state index in [1.54, 1.807) is 0 Å². The number of aliphatic hydroxyl groups is 1. The van der Waals surface area contributed by atoms with Crippen molar-refractivity contribution in [3.63, 3.8) is 0 Å². The summed E-state index contributed by atoms with van der Waals surface area (Å²) in [6.07, 6.45) is 0.565. The molecule has 1 aromatic rings. The van der Waals surface area contributed by atoms with Crippen molar-refractivity contribution in [1.29, 1.82) is 0 Å². The Bertz CT molecular complexity index is 381. The molecule has 1 saturated carbocycles. The van der Waals surface area contributed by atoms with Gasteiger partial charge in [0.2, 0.25) is 11.8 Å². The Balaban J connectivity index is 2.04. The molecule has 1 aliphatic rings. The van der Waals surface area contributed by atoms with Crippen LogP contribution in [0.25, 0.3) is 0 Å². The Labute approximate surface area is 98.0 Å². The molecule has 0 spiro atoms. The summed E-state index contributed by atoms with van der Waals surface area (Å²) in [5, 5.41) is 13.3. The quantitative estimate of drug-likeness (QED) is 0.887. The monoisotopic (exact) mass is 246 g/mol. The van der Waals surface area contributed by atoms with Gasteiger partial charge in [-0.15, -0.1) is 0 Å². The highest BCUT2D eigenvalue weighted by molar-refractivity contribution is 5.01. The lowest BCUT2D eigenvalue weighted by atomic mass is 10.1. The summed E-state index contributed by atoms with van der Waals surface area (Å²) in [6.45, 7) is 1.93. The minimum absolute atomic E-state index is 0.132. The molecule has 2 atom stereocenters. The molecule has 1 fully saturated rings. The van der Waals surface area contributed by atoms with Crippen LogP contribution in [0.3, 0.4) is 0 Å². The van der Waals surface area contributed by atoms with Gasteiger partial charge in [-0.1, -0.05) is 18.5 Å². The lowest BCUT2D eigenvalue weighted by Crippen LogP contribution is -2.09. The van der Waals surface area contributed by atoms with Crippen LogP contribution in [-0.4, -0.2) is 21.2 Å². The number of aliphatic hydroxyl groups excluding tert-OH is 1. The second-order valence-corrected chi connectivity index (χ2v) is 4.59. The van der Waals surface area contributed by atoms with E-state index in [4.69, 9.17) is 4.52 Å². The second-order valence-electron chi connectivity index (χ2n) is 4.59. The topological polar surface area (TPSA) is 59.2 Å². The van der Waals surface area contributed by atoms with E-state index in [1.165, 1.54) is 0 Å². The Morgan fingerprint density at radius 2 is 2.35 bits per heavy atom. The zero-order valence-electron chi connectivity index (χ0n) is 9.70. The largest absolute Gasteiger partial charge is 0.385 e. The number of nitrogens with zero attached hydrogens (tertiary/aromatic N) is 2. The van der Waals surface area contributed by atoms with E-state index < -0.39 is 12.0 Å². The third kappa shape index (κ3) is 2.80. The minimum atomic E-state index is -2.62. The second kappa shape index (κ2) is 4.68. The fourth-order valence-corrected chi connectivity index (χ4v) is 2.11. The molecule has 0 bridgehead atoms. The van der Waals surface area contributed by atoms with Crippen molar-refractivity contribution < 1.29 is 18.4 Å². The van der Waals surface area contributed by atoms with Gasteiger partial charge in [0.25, 0.3) is 0 Å². The van der Waals surface area contributed by atoms with E-state index in [0.717, 1.165) is 6.42 Å². The average molecular weight is 246 g/mol. The molecule has 96 valence electrons. The Hall–Kier alpha value is -1.04. The molecular weight excluding hydrogens is 230 g/mol. The number of aromatic nitrogens is 2. The number of hydrogen-bond acceptors (Lipinski definition) is 4. The molecule has 4 nitrogen and oxygen atoms in total. The number of hydrogen-bond donors (Lipinski definition) is 1. The van der Waals surface area contributed by atoms with Crippen LogP contribution >= 0.6 is 0 Å². The van der Waals surface area contributed by atoms with Crippen LogP contribution in [0, 0.1) is 0 Å². The van der Waals surface area contributed by atoms with Crippen LogP contribution in [0.5, 0.6) is 0 Å². The van der Waals surface area contributed by atoms with E-state index in [-0.39, 0.29) is 30.5 Å². The molecule has 1 aromatic heterocycles.